The molecule has 0 amide bonds. The normalized spacial score (nSPS) is 54.5. The monoisotopic (exact) mass is 216 g/mol. The maximum atomic E-state index is 9.40. The Morgan fingerprint density at radius 2 is 2.00 bits per heavy atom. The average Bonchev–Trinajstić information content (AvgIpc) is 2.11. The molecule has 6 heteroatoms. The second-order valence-electron chi connectivity index (χ2n) is 2.95. The second kappa shape index (κ2) is 2.97. The van der Waals surface area contributed by atoms with E-state index in [2.05, 4.69) is 0 Å². The first kappa shape index (κ1) is 10.5. The van der Waals surface area contributed by atoms with Gasteiger partial charge in [-0.25, -0.2) is 0 Å². The molecule has 1 aliphatic heterocycles. The van der Waals surface area contributed by atoms with Crippen LogP contribution in [-0.4, -0.2) is 44.3 Å². The number of alkyl halides is 2. The first-order chi connectivity index (χ1) is 5.32. The van der Waals surface area contributed by atoms with E-state index in [1.165, 1.54) is 6.92 Å². The van der Waals surface area contributed by atoms with E-state index in [4.69, 9.17) is 27.9 Å². The molecule has 0 saturated carbocycles. The Balaban J connectivity index is 2.88. The molecule has 0 spiro atoms. The Morgan fingerprint density at radius 3 is 2.17 bits per heavy atom. The number of aliphatic hydroxyl groups is 3. The lowest BCUT2D eigenvalue weighted by Crippen LogP contribution is -2.47. The van der Waals surface area contributed by atoms with Crippen LogP contribution in [0.3, 0.4) is 0 Å². The van der Waals surface area contributed by atoms with Crippen molar-refractivity contribution in [1.82, 2.24) is 0 Å². The first-order valence-electron chi connectivity index (χ1n) is 3.38. The van der Waals surface area contributed by atoms with E-state index in [1.54, 1.807) is 0 Å². The lowest BCUT2D eigenvalue weighted by molar-refractivity contribution is -0.212. The molecular weight excluding hydrogens is 207 g/mol. The maximum Gasteiger partial charge on any atom is 0.197 e. The first-order valence-corrected chi connectivity index (χ1v) is 4.29. The van der Waals surface area contributed by atoms with Crippen LogP contribution < -0.4 is 0 Å². The molecule has 0 bridgehead atoms. The smallest absolute Gasteiger partial charge is 0.197 e. The minimum Gasteiger partial charge on any atom is -0.383 e. The molecular formula is C6H10Cl2O4. The summed E-state index contributed by atoms with van der Waals surface area (Å²) in [6.45, 7) is 1.21. The van der Waals surface area contributed by atoms with Gasteiger partial charge in [0, 0.05) is 0 Å². The molecule has 4 nitrogen and oxygen atoms in total. The summed E-state index contributed by atoms with van der Waals surface area (Å²) in [5, 5.41) is 26.0. The predicted octanol–water partition coefficient (Wildman–Crippen LogP) is -0.379. The van der Waals surface area contributed by atoms with Gasteiger partial charge in [-0.2, -0.15) is 0 Å². The minimum atomic E-state index is -2.02. The maximum absolute atomic E-state index is 9.40. The van der Waals surface area contributed by atoms with Gasteiger partial charge in [0.1, 0.15) is 6.10 Å². The van der Waals surface area contributed by atoms with Crippen LogP contribution in [0.25, 0.3) is 0 Å². The summed E-state index contributed by atoms with van der Waals surface area (Å²) >= 11 is 10.9. The van der Waals surface area contributed by atoms with E-state index in [0.717, 1.165) is 0 Å². The van der Waals surface area contributed by atoms with Crippen LogP contribution in [0.1, 0.15) is 6.92 Å². The van der Waals surface area contributed by atoms with Crippen LogP contribution in [0.4, 0.5) is 0 Å². The Hall–Kier alpha value is 0.420. The third-order valence-electron chi connectivity index (χ3n) is 1.86. The van der Waals surface area contributed by atoms with E-state index in [-0.39, 0.29) is 5.88 Å². The summed E-state index contributed by atoms with van der Waals surface area (Å²) in [5.74, 6) is -1.96. The quantitative estimate of drug-likeness (QED) is 0.523. The molecule has 0 aliphatic carbocycles. The van der Waals surface area contributed by atoms with Crippen molar-refractivity contribution in [2.24, 2.45) is 0 Å². The Morgan fingerprint density at radius 1 is 1.50 bits per heavy atom. The zero-order valence-corrected chi connectivity index (χ0v) is 7.88. The van der Waals surface area contributed by atoms with Crippen molar-refractivity contribution in [2.75, 3.05) is 5.88 Å². The van der Waals surface area contributed by atoms with Crippen LogP contribution in [0.5, 0.6) is 0 Å². The highest BCUT2D eigenvalue weighted by Crippen LogP contribution is 2.39. The number of hydrogen-bond acceptors (Lipinski definition) is 4. The van der Waals surface area contributed by atoms with E-state index in [0.29, 0.717) is 0 Å². The molecule has 0 aromatic rings. The number of ether oxygens (including phenoxy) is 1. The van der Waals surface area contributed by atoms with Gasteiger partial charge in [-0.15, -0.1) is 11.6 Å². The van der Waals surface area contributed by atoms with Crippen molar-refractivity contribution < 1.29 is 20.1 Å². The molecule has 0 aromatic carbocycles. The number of rotatable bonds is 1. The van der Waals surface area contributed by atoms with Gasteiger partial charge in [0.15, 0.2) is 17.0 Å². The lowest BCUT2D eigenvalue weighted by Gasteiger charge is -2.23. The van der Waals surface area contributed by atoms with Gasteiger partial charge >= 0.3 is 0 Å². The Kier molecular flexibility index (Phi) is 2.60. The summed E-state index contributed by atoms with van der Waals surface area (Å²) in [6.07, 6.45) is -2.55. The molecule has 1 aliphatic rings. The van der Waals surface area contributed by atoms with E-state index in [1.807, 2.05) is 0 Å². The van der Waals surface area contributed by atoms with Crippen molar-refractivity contribution in [2.45, 2.75) is 30.0 Å². The number of halogens is 2. The van der Waals surface area contributed by atoms with Gasteiger partial charge in [-0.3, -0.25) is 0 Å². The van der Waals surface area contributed by atoms with Crippen molar-refractivity contribution in [3.8, 4) is 0 Å². The number of aliphatic hydroxyl groups excluding tert-OH is 1. The molecule has 1 saturated heterocycles. The van der Waals surface area contributed by atoms with E-state index >= 15 is 0 Å². The summed E-state index contributed by atoms with van der Waals surface area (Å²) in [5.41, 5.74) is 0. The third-order valence-corrected chi connectivity index (χ3v) is 2.59. The van der Waals surface area contributed by atoms with Crippen LogP contribution in [-0.2, 0) is 4.74 Å². The SMILES string of the molecule is C[C@@]1(O)O[C@H](CCl)[C@](O)(Cl)[C@@H]1O. The zero-order chi connectivity index (χ0) is 9.57. The van der Waals surface area contributed by atoms with Crippen LogP contribution in [0.2, 0.25) is 0 Å². The predicted molar refractivity (Wildman–Crippen MR) is 43.0 cm³/mol. The van der Waals surface area contributed by atoms with Gasteiger partial charge < -0.3 is 20.1 Å². The summed E-state index contributed by atoms with van der Waals surface area (Å²) in [7, 11) is 0. The van der Waals surface area contributed by atoms with Crippen molar-refractivity contribution in [1.29, 1.82) is 0 Å². The summed E-state index contributed by atoms with van der Waals surface area (Å²) < 4.78 is 4.82. The summed E-state index contributed by atoms with van der Waals surface area (Å²) in [6, 6.07) is 0. The lowest BCUT2D eigenvalue weighted by atomic mass is 10.1. The molecule has 4 atom stereocenters. The molecule has 72 valence electrons. The van der Waals surface area contributed by atoms with Gasteiger partial charge in [0.25, 0.3) is 0 Å². The summed E-state index contributed by atoms with van der Waals surface area (Å²) in [4.78, 5) is 0. The van der Waals surface area contributed by atoms with E-state index < -0.39 is 23.1 Å². The van der Waals surface area contributed by atoms with Crippen LogP contribution >= 0.6 is 23.2 Å². The fourth-order valence-electron chi connectivity index (χ4n) is 1.13. The molecule has 3 N–H and O–H groups in total. The highest BCUT2D eigenvalue weighted by Gasteiger charge is 2.59. The highest BCUT2D eigenvalue weighted by atomic mass is 35.5. The topological polar surface area (TPSA) is 69.9 Å². The fourth-order valence-corrected chi connectivity index (χ4v) is 1.83. The van der Waals surface area contributed by atoms with Gasteiger partial charge in [-0.05, 0) is 6.92 Å². The molecule has 0 radical (unpaired) electrons. The van der Waals surface area contributed by atoms with Crippen LogP contribution in [0, 0.1) is 0 Å². The zero-order valence-electron chi connectivity index (χ0n) is 6.37. The standard InChI is InChI=1S/C6H10Cl2O4/c1-5(10)4(9)6(8,11)3(2-7)12-5/h3-4,9-11H,2H2,1H3/t3-,4-,5-,6-/m1/s1. The molecule has 1 fully saturated rings. The second-order valence-corrected chi connectivity index (χ2v) is 3.86. The third kappa shape index (κ3) is 1.43. The molecule has 12 heavy (non-hydrogen) atoms. The van der Waals surface area contributed by atoms with Gasteiger partial charge in [-0.1, -0.05) is 11.6 Å². The average molecular weight is 217 g/mol. The fraction of sp³-hybridized carbons (Fsp3) is 1.00. The molecule has 1 rings (SSSR count). The Bertz CT molecular complexity index is 182. The largest absolute Gasteiger partial charge is 0.383 e. The van der Waals surface area contributed by atoms with E-state index in [9.17, 15) is 15.3 Å². The molecule has 0 unspecified atom stereocenters. The van der Waals surface area contributed by atoms with Crippen molar-refractivity contribution in [3.05, 3.63) is 0 Å². The molecule has 0 aromatic heterocycles. The van der Waals surface area contributed by atoms with Crippen molar-refractivity contribution in [3.63, 3.8) is 0 Å². The van der Waals surface area contributed by atoms with Crippen LogP contribution in [0.15, 0.2) is 0 Å². The van der Waals surface area contributed by atoms with Crippen molar-refractivity contribution >= 4 is 23.2 Å². The number of hydrogen-bond donors (Lipinski definition) is 3. The van der Waals surface area contributed by atoms with Gasteiger partial charge in [0.2, 0.25) is 0 Å². The Labute approximate surface area is 79.7 Å². The highest BCUT2D eigenvalue weighted by molar-refractivity contribution is 6.25. The molecule has 1 heterocycles. The van der Waals surface area contributed by atoms with Gasteiger partial charge in [0.05, 0.1) is 5.88 Å². The minimum absolute atomic E-state index is 0.104.